The summed E-state index contributed by atoms with van der Waals surface area (Å²) in [5, 5.41) is 9.05. The third-order valence-electron chi connectivity index (χ3n) is 3.14. The van der Waals surface area contributed by atoms with Gasteiger partial charge in [0.25, 0.3) is 0 Å². The fourth-order valence-corrected chi connectivity index (χ4v) is 1.87. The lowest BCUT2D eigenvalue weighted by atomic mass is 10.0. The summed E-state index contributed by atoms with van der Waals surface area (Å²) < 4.78 is 5.67. The topological polar surface area (TPSA) is 46.5 Å². The number of ether oxygens (including phenoxy) is 1. The maximum absolute atomic E-state index is 11.0. The summed E-state index contributed by atoms with van der Waals surface area (Å²) in [5.41, 5.74) is 0.239. The molecule has 1 aromatic carbocycles. The van der Waals surface area contributed by atoms with Gasteiger partial charge < -0.3 is 9.84 Å². The molecule has 0 saturated carbocycles. The van der Waals surface area contributed by atoms with Gasteiger partial charge >= 0.3 is 5.97 Å². The van der Waals surface area contributed by atoms with Crippen molar-refractivity contribution in [2.24, 2.45) is 5.92 Å². The van der Waals surface area contributed by atoms with Gasteiger partial charge in [-0.05, 0) is 24.5 Å². The van der Waals surface area contributed by atoms with Crippen LogP contribution < -0.4 is 4.74 Å². The number of carbonyl (C=O) groups is 1. The van der Waals surface area contributed by atoms with Crippen molar-refractivity contribution in [2.45, 2.75) is 39.5 Å². The van der Waals surface area contributed by atoms with Gasteiger partial charge in [-0.15, -0.1) is 0 Å². The molecule has 3 heteroatoms. The van der Waals surface area contributed by atoms with Crippen LogP contribution >= 0.6 is 0 Å². The average Bonchev–Trinajstić information content (AvgIpc) is 2.39. The SMILES string of the molecule is CCCCC(CC)COc1ccccc1C(=O)O. The van der Waals surface area contributed by atoms with Crippen LogP contribution in [0.2, 0.25) is 0 Å². The molecular formula is C15H22O3. The van der Waals surface area contributed by atoms with Crippen molar-refractivity contribution in [3.05, 3.63) is 29.8 Å². The highest BCUT2D eigenvalue weighted by atomic mass is 16.5. The molecule has 0 aliphatic rings. The molecule has 0 aliphatic carbocycles. The van der Waals surface area contributed by atoms with Gasteiger partial charge in [-0.3, -0.25) is 0 Å². The van der Waals surface area contributed by atoms with E-state index in [1.165, 1.54) is 12.8 Å². The molecule has 1 unspecified atom stereocenters. The van der Waals surface area contributed by atoms with Crippen molar-refractivity contribution >= 4 is 5.97 Å². The molecule has 0 aliphatic heterocycles. The summed E-state index contributed by atoms with van der Waals surface area (Å²) in [5.74, 6) is 0.0407. The minimum Gasteiger partial charge on any atom is -0.492 e. The number of carboxylic acids is 1. The number of para-hydroxylation sites is 1. The first kappa shape index (κ1) is 14.6. The zero-order chi connectivity index (χ0) is 13.4. The van der Waals surface area contributed by atoms with Crippen LogP contribution in [0.4, 0.5) is 0 Å². The number of benzene rings is 1. The first-order valence-corrected chi connectivity index (χ1v) is 6.64. The molecule has 0 aromatic heterocycles. The Labute approximate surface area is 109 Å². The van der Waals surface area contributed by atoms with E-state index in [1.54, 1.807) is 24.3 Å². The third kappa shape index (κ3) is 4.40. The van der Waals surface area contributed by atoms with Crippen LogP contribution in [-0.4, -0.2) is 17.7 Å². The molecule has 0 spiro atoms. The van der Waals surface area contributed by atoms with Gasteiger partial charge in [0.05, 0.1) is 6.61 Å². The van der Waals surface area contributed by atoms with Crippen LogP contribution in [0.25, 0.3) is 0 Å². The molecule has 0 saturated heterocycles. The highest BCUT2D eigenvalue weighted by molar-refractivity contribution is 5.90. The predicted molar refractivity (Wildman–Crippen MR) is 72.2 cm³/mol. The van der Waals surface area contributed by atoms with Crippen molar-refractivity contribution in [3.63, 3.8) is 0 Å². The summed E-state index contributed by atoms with van der Waals surface area (Å²) in [6, 6.07) is 6.81. The van der Waals surface area contributed by atoms with E-state index in [-0.39, 0.29) is 5.56 Å². The van der Waals surface area contributed by atoms with Gasteiger partial charge in [-0.25, -0.2) is 4.79 Å². The minimum atomic E-state index is -0.938. The summed E-state index contributed by atoms with van der Waals surface area (Å²) in [6.07, 6.45) is 4.59. The molecule has 1 atom stereocenters. The first-order valence-electron chi connectivity index (χ1n) is 6.64. The van der Waals surface area contributed by atoms with Crippen LogP contribution in [-0.2, 0) is 0 Å². The quantitative estimate of drug-likeness (QED) is 0.759. The van der Waals surface area contributed by atoms with Gasteiger partial charge in [0.1, 0.15) is 11.3 Å². The van der Waals surface area contributed by atoms with Crippen molar-refractivity contribution in [3.8, 4) is 5.75 Å². The Kier molecular flexibility index (Phi) is 6.26. The van der Waals surface area contributed by atoms with E-state index in [1.807, 2.05) is 0 Å². The van der Waals surface area contributed by atoms with Crippen LogP contribution in [0.15, 0.2) is 24.3 Å². The molecule has 0 amide bonds. The van der Waals surface area contributed by atoms with Gasteiger partial charge in [-0.2, -0.15) is 0 Å². The third-order valence-corrected chi connectivity index (χ3v) is 3.14. The second kappa shape index (κ2) is 7.75. The van der Waals surface area contributed by atoms with E-state index in [0.717, 1.165) is 12.8 Å². The van der Waals surface area contributed by atoms with Crippen molar-refractivity contribution in [1.82, 2.24) is 0 Å². The number of unbranched alkanes of at least 4 members (excludes halogenated alkanes) is 1. The van der Waals surface area contributed by atoms with Gasteiger partial charge in [0.15, 0.2) is 0 Å². The molecule has 0 fully saturated rings. The Morgan fingerprint density at radius 1 is 1.33 bits per heavy atom. The first-order chi connectivity index (χ1) is 8.69. The zero-order valence-corrected chi connectivity index (χ0v) is 11.2. The lowest BCUT2D eigenvalue weighted by Crippen LogP contribution is -2.13. The lowest BCUT2D eigenvalue weighted by molar-refractivity contribution is 0.0691. The Hall–Kier alpha value is -1.51. The van der Waals surface area contributed by atoms with Gasteiger partial charge in [-0.1, -0.05) is 45.2 Å². The minimum absolute atomic E-state index is 0.239. The fraction of sp³-hybridized carbons (Fsp3) is 0.533. The standard InChI is InChI=1S/C15H22O3/c1-3-5-8-12(4-2)11-18-14-10-7-6-9-13(14)15(16)17/h6-7,9-10,12H,3-5,8,11H2,1-2H3,(H,16,17). The molecular weight excluding hydrogens is 228 g/mol. The summed E-state index contributed by atoms with van der Waals surface area (Å²) >= 11 is 0. The maximum atomic E-state index is 11.0. The Bertz CT molecular complexity index is 374. The van der Waals surface area contributed by atoms with Crippen LogP contribution in [0, 0.1) is 5.92 Å². The molecule has 3 nitrogen and oxygen atoms in total. The zero-order valence-electron chi connectivity index (χ0n) is 11.2. The van der Waals surface area contributed by atoms with E-state index in [9.17, 15) is 4.79 Å². The van der Waals surface area contributed by atoms with Crippen LogP contribution in [0.5, 0.6) is 5.75 Å². The van der Waals surface area contributed by atoms with E-state index in [2.05, 4.69) is 13.8 Å². The fourth-order valence-electron chi connectivity index (χ4n) is 1.87. The van der Waals surface area contributed by atoms with Crippen LogP contribution in [0.3, 0.4) is 0 Å². The largest absolute Gasteiger partial charge is 0.492 e. The monoisotopic (exact) mass is 250 g/mol. The molecule has 1 rings (SSSR count). The summed E-state index contributed by atoms with van der Waals surface area (Å²) in [7, 11) is 0. The second-order valence-electron chi connectivity index (χ2n) is 4.53. The highest BCUT2D eigenvalue weighted by Gasteiger charge is 2.12. The maximum Gasteiger partial charge on any atom is 0.339 e. The average molecular weight is 250 g/mol. The Morgan fingerprint density at radius 3 is 2.67 bits per heavy atom. The van der Waals surface area contributed by atoms with Gasteiger partial charge in [0, 0.05) is 0 Å². The molecule has 0 heterocycles. The Morgan fingerprint density at radius 2 is 2.06 bits per heavy atom. The highest BCUT2D eigenvalue weighted by Crippen LogP contribution is 2.20. The lowest BCUT2D eigenvalue weighted by Gasteiger charge is -2.16. The van der Waals surface area contributed by atoms with Crippen molar-refractivity contribution < 1.29 is 14.6 Å². The summed E-state index contributed by atoms with van der Waals surface area (Å²) in [4.78, 5) is 11.0. The molecule has 100 valence electrons. The predicted octanol–water partition coefficient (Wildman–Crippen LogP) is 3.98. The molecule has 1 N–H and O–H groups in total. The Balaban J connectivity index is 2.59. The van der Waals surface area contributed by atoms with E-state index in [4.69, 9.17) is 9.84 Å². The second-order valence-corrected chi connectivity index (χ2v) is 4.53. The molecule has 1 aromatic rings. The number of aromatic carboxylic acids is 1. The molecule has 0 bridgehead atoms. The smallest absolute Gasteiger partial charge is 0.339 e. The van der Waals surface area contributed by atoms with E-state index >= 15 is 0 Å². The number of carboxylic acid groups (broad SMARTS) is 1. The normalized spacial score (nSPS) is 12.1. The van der Waals surface area contributed by atoms with Gasteiger partial charge in [0.2, 0.25) is 0 Å². The summed E-state index contributed by atoms with van der Waals surface area (Å²) in [6.45, 7) is 4.92. The number of hydrogen-bond donors (Lipinski definition) is 1. The van der Waals surface area contributed by atoms with Crippen molar-refractivity contribution in [2.75, 3.05) is 6.61 Å². The number of rotatable bonds is 8. The molecule has 18 heavy (non-hydrogen) atoms. The van der Waals surface area contributed by atoms with E-state index in [0.29, 0.717) is 18.3 Å². The number of hydrogen-bond acceptors (Lipinski definition) is 2. The van der Waals surface area contributed by atoms with Crippen LogP contribution in [0.1, 0.15) is 49.9 Å². The van der Waals surface area contributed by atoms with E-state index < -0.39 is 5.97 Å². The molecule has 0 radical (unpaired) electrons. The van der Waals surface area contributed by atoms with Crippen molar-refractivity contribution in [1.29, 1.82) is 0 Å².